The van der Waals surface area contributed by atoms with Gasteiger partial charge in [-0.2, -0.15) is 0 Å². The van der Waals surface area contributed by atoms with Crippen LogP contribution in [0.1, 0.15) is 47.2 Å². The minimum Gasteiger partial charge on any atom is -0.398 e. The Balaban J connectivity index is 1.55. The lowest BCUT2D eigenvalue weighted by molar-refractivity contribution is 1.14. The van der Waals surface area contributed by atoms with Gasteiger partial charge in [0.1, 0.15) is 0 Å². The van der Waals surface area contributed by atoms with E-state index in [1.165, 1.54) is 38.9 Å². The average molecular weight is 601 g/mol. The van der Waals surface area contributed by atoms with Gasteiger partial charge in [0.05, 0.1) is 0 Å². The Morgan fingerprint density at radius 2 is 0.674 bits per heavy atom. The van der Waals surface area contributed by atoms with Gasteiger partial charge < -0.3 is 11.5 Å². The molecule has 2 heteroatoms. The molecule has 6 rings (SSSR count). The molecule has 0 radical (unpaired) electrons. The third kappa shape index (κ3) is 5.72. The summed E-state index contributed by atoms with van der Waals surface area (Å²) in [7, 11) is 0. The molecule has 0 heterocycles. The van der Waals surface area contributed by atoms with E-state index in [9.17, 15) is 0 Å². The smallest absolute Gasteiger partial charge is 0.0386 e. The molecular weight excluding hydrogens is 556 g/mol. The van der Waals surface area contributed by atoms with Crippen LogP contribution in [0.2, 0.25) is 0 Å². The van der Waals surface area contributed by atoms with Gasteiger partial charge in [-0.15, -0.1) is 0 Å². The zero-order valence-electron chi connectivity index (χ0n) is 28.0. The topological polar surface area (TPSA) is 52.0 Å². The molecule has 0 atom stereocenters. The average Bonchev–Trinajstić information content (AvgIpc) is 3.09. The van der Waals surface area contributed by atoms with Crippen molar-refractivity contribution in [2.75, 3.05) is 11.5 Å². The Morgan fingerprint density at radius 3 is 1.00 bits per heavy atom. The summed E-state index contributed by atoms with van der Waals surface area (Å²) in [6.07, 6.45) is 2.08. The van der Waals surface area contributed by atoms with Crippen LogP contribution < -0.4 is 11.5 Å². The van der Waals surface area contributed by atoms with E-state index in [4.69, 9.17) is 11.5 Å². The maximum atomic E-state index is 6.97. The second-order valence-corrected chi connectivity index (χ2v) is 12.6. The highest BCUT2D eigenvalue weighted by atomic mass is 14.6. The van der Waals surface area contributed by atoms with Crippen molar-refractivity contribution in [3.8, 4) is 55.6 Å². The van der Waals surface area contributed by atoms with Gasteiger partial charge in [-0.1, -0.05) is 111 Å². The maximum absolute atomic E-state index is 6.97. The minimum atomic E-state index is 0.830. The first kappa shape index (κ1) is 30.9. The Hall–Kier alpha value is -5.08. The summed E-state index contributed by atoms with van der Waals surface area (Å²) in [6.45, 7) is 12.9. The summed E-state index contributed by atoms with van der Waals surface area (Å²) in [5.74, 6) is 0. The second-order valence-electron chi connectivity index (χ2n) is 12.6. The number of aryl methyl sites for hydroxylation is 4. The lowest BCUT2D eigenvalue weighted by Crippen LogP contribution is -2.04. The van der Waals surface area contributed by atoms with Crippen LogP contribution in [0.25, 0.3) is 55.6 Å². The molecule has 0 unspecified atom stereocenters. The fourth-order valence-electron chi connectivity index (χ4n) is 6.70. The van der Waals surface area contributed by atoms with E-state index < -0.39 is 0 Å². The van der Waals surface area contributed by atoms with Crippen LogP contribution in [0.3, 0.4) is 0 Å². The number of hydrogen-bond donors (Lipinski definition) is 2. The fourth-order valence-corrected chi connectivity index (χ4v) is 6.70. The summed E-state index contributed by atoms with van der Waals surface area (Å²) in [4.78, 5) is 0. The van der Waals surface area contributed by atoms with Gasteiger partial charge in [0.25, 0.3) is 0 Å². The van der Waals surface area contributed by atoms with Gasteiger partial charge in [-0.3, -0.25) is 0 Å². The van der Waals surface area contributed by atoms with Crippen molar-refractivity contribution in [3.05, 3.63) is 143 Å². The first-order valence-corrected chi connectivity index (χ1v) is 16.4. The number of rotatable bonds is 7. The van der Waals surface area contributed by atoms with Crippen molar-refractivity contribution in [3.63, 3.8) is 0 Å². The Bertz CT molecular complexity index is 1870. The van der Waals surface area contributed by atoms with Crippen LogP contribution in [-0.4, -0.2) is 0 Å². The molecule has 0 bridgehead atoms. The summed E-state index contributed by atoms with van der Waals surface area (Å²) < 4.78 is 0. The van der Waals surface area contributed by atoms with Crippen molar-refractivity contribution in [2.45, 2.75) is 54.4 Å². The van der Waals surface area contributed by atoms with Crippen LogP contribution in [0.5, 0.6) is 0 Å². The maximum Gasteiger partial charge on any atom is 0.0386 e. The third-order valence-corrected chi connectivity index (χ3v) is 9.68. The number of nitrogens with two attached hydrogens (primary N) is 2. The predicted molar refractivity (Wildman–Crippen MR) is 200 cm³/mol. The Labute approximate surface area is 274 Å². The molecule has 0 saturated heterocycles. The number of nitrogen functional groups attached to an aromatic ring is 2. The van der Waals surface area contributed by atoms with Crippen LogP contribution in [0.4, 0.5) is 11.4 Å². The van der Waals surface area contributed by atoms with Gasteiger partial charge in [-0.25, -0.2) is 0 Å². The summed E-state index contributed by atoms with van der Waals surface area (Å²) in [5.41, 5.74) is 34.0. The minimum absolute atomic E-state index is 0.830. The first-order chi connectivity index (χ1) is 22.2. The SMILES string of the molecule is CCc1ccc(-c2ccc(-c3c(C)c(N)c(C)c(-c4ccc(-c5ccc(CC)cc5)cc4)c3-c3cc(C)c(N)c(C)c3)cc2)cc1. The van der Waals surface area contributed by atoms with Crippen LogP contribution >= 0.6 is 0 Å². The van der Waals surface area contributed by atoms with Crippen LogP contribution in [0.15, 0.2) is 109 Å². The lowest BCUT2D eigenvalue weighted by atomic mass is 9.80. The summed E-state index contributed by atoms with van der Waals surface area (Å²) >= 11 is 0. The Morgan fingerprint density at radius 1 is 0.370 bits per heavy atom. The molecule has 6 aromatic carbocycles. The van der Waals surface area contributed by atoms with Gasteiger partial charge in [-0.05, 0) is 142 Å². The molecule has 4 N–H and O–H groups in total. The number of benzene rings is 6. The van der Waals surface area contributed by atoms with E-state index in [2.05, 4.69) is 151 Å². The highest BCUT2D eigenvalue weighted by Gasteiger charge is 2.23. The van der Waals surface area contributed by atoms with Crippen LogP contribution in [-0.2, 0) is 12.8 Å². The molecule has 6 aromatic rings. The monoisotopic (exact) mass is 600 g/mol. The zero-order chi connectivity index (χ0) is 32.5. The largest absolute Gasteiger partial charge is 0.398 e. The standard InChI is InChI=1S/C44H44N2/c1-7-31-9-13-33(14-10-31)35-17-21-37(22-18-35)40-29(5)44(46)30(6)41(42(40)39-25-27(3)43(45)28(4)26-39)38-23-19-36(20-24-38)34-15-11-32(8-2)12-16-34/h9-26H,7-8,45-46H2,1-6H3. The van der Waals surface area contributed by atoms with Crippen molar-refractivity contribution in [2.24, 2.45) is 0 Å². The molecule has 230 valence electrons. The fraction of sp³-hybridized carbons (Fsp3) is 0.182. The van der Waals surface area contributed by atoms with Crippen molar-refractivity contribution >= 4 is 11.4 Å². The first-order valence-electron chi connectivity index (χ1n) is 16.4. The van der Waals surface area contributed by atoms with Gasteiger partial charge in [0.2, 0.25) is 0 Å². The molecule has 0 fully saturated rings. The zero-order valence-corrected chi connectivity index (χ0v) is 28.0. The van der Waals surface area contributed by atoms with E-state index in [0.29, 0.717) is 0 Å². The molecular formula is C44H44N2. The summed E-state index contributed by atoms with van der Waals surface area (Å²) in [6, 6.07) is 40.1. The van der Waals surface area contributed by atoms with Crippen molar-refractivity contribution in [1.82, 2.24) is 0 Å². The molecule has 0 aliphatic heterocycles. The van der Waals surface area contributed by atoms with E-state index in [1.807, 2.05) is 0 Å². The summed E-state index contributed by atoms with van der Waals surface area (Å²) in [5, 5.41) is 0. The second kappa shape index (κ2) is 12.7. The molecule has 0 saturated carbocycles. The number of hydrogen-bond acceptors (Lipinski definition) is 2. The molecule has 0 aliphatic carbocycles. The molecule has 0 aliphatic rings. The lowest BCUT2D eigenvalue weighted by Gasteiger charge is -2.24. The normalized spacial score (nSPS) is 11.2. The quantitative estimate of drug-likeness (QED) is 0.179. The van der Waals surface area contributed by atoms with Crippen LogP contribution in [0, 0.1) is 27.7 Å². The predicted octanol–water partition coefficient (Wildman–Crippen LogP) is 11.5. The van der Waals surface area contributed by atoms with Gasteiger partial charge in [0, 0.05) is 11.4 Å². The highest BCUT2D eigenvalue weighted by molar-refractivity contribution is 6.01. The van der Waals surface area contributed by atoms with E-state index in [0.717, 1.165) is 74.3 Å². The molecule has 0 amide bonds. The van der Waals surface area contributed by atoms with Gasteiger partial charge >= 0.3 is 0 Å². The van der Waals surface area contributed by atoms with Crippen molar-refractivity contribution in [1.29, 1.82) is 0 Å². The van der Waals surface area contributed by atoms with Gasteiger partial charge in [0.15, 0.2) is 0 Å². The Kier molecular flexibility index (Phi) is 8.56. The van der Waals surface area contributed by atoms with E-state index in [-0.39, 0.29) is 0 Å². The number of anilines is 2. The van der Waals surface area contributed by atoms with E-state index >= 15 is 0 Å². The third-order valence-electron chi connectivity index (χ3n) is 9.68. The molecule has 46 heavy (non-hydrogen) atoms. The highest BCUT2D eigenvalue weighted by Crippen LogP contribution is 2.48. The molecule has 2 nitrogen and oxygen atoms in total. The molecule has 0 spiro atoms. The molecule has 0 aromatic heterocycles. The van der Waals surface area contributed by atoms with Crippen molar-refractivity contribution < 1.29 is 0 Å². The van der Waals surface area contributed by atoms with E-state index in [1.54, 1.807) is 0 Å².